The number of benzene rings is 2. The number of anilines is 1. The molecule has 0 spiro atoms. The summed E-state index contributed by atoms with van der Waals surface area (Å²) in [4.78, 5) is 16.5. The Morgan fingerprint density at radius 1 is 1.20 bits per heavy atom. The Hall–Kier alpha value is -1.78. The van der Waals surface area contributed by atoms with Crippen molar-refractivity contribution < 1.29 is 19.4 Å². The fourth-order valence-corrected chi connectivity index (χ4v) is 4.74. The van der Waals surface area contributed by atoms with Crippen LogP contribution in [0.4, 0.5) is 5.69 Å². The number of hydrogen-bond donors (Lipinski definition) is 2. The average molecular weight is 557 g/mol. The predicted octanol–water partition coefficient (Wildman–Crippen LogP) is 5.56. The molecule has 2 N–H and O–H groups in total. The zero-order valence-corrected chi connectivity index (χ0v) is 21.8. The molecule has 3 atom stereocenters. The van der Waals surface area contributed by atoms with Crippen molar-refractivity contribution in [3.05, 3.63) is 77.6 Å². The van der Waals surface area contributed by atoms with Crippen molar-refractivity contribution in [1.82, 2.24) is 9.55 Å². The van der Waals surface area contributed by atoms with Crippen molar-refractivity contribution in [2.24, 2.45) is 7.05 Å². The van der Waals surface area contributed by atoms with Crippen molar-refractivity contribution in [2.45, 2.75) is 40.5 Å². The molecule has 7 nitrogen and oxygen atoms in total. The lowest BCUT2D eigenvalue weighted by Crippen LogP contribution is -2.31. The quantitative estimate of drug-likeness (QED) is 0.293. The number of hydrogen-bond acceptors (Lipinski definition) is 6. The maximum Gasteiger partial charge on any atom is 0.276 e. The van der Waals surface area contributed by atoms with E-state index in [-0.39, 0.29) is 18.8 Å². The maximum absolute atomic E-state index is 12.1. The standard InChI is InChI=1S/C24H24Cl3N3O4S/c1-30-10-9-28-23(30)35-14-19-12-20(16-7-5-15(13-31)6-8-16)34-21(33-19)17-3-2-4-18(11-17)29-22(32)24(25,26)27/h2-11,19-21,31H,12-14H2,1H3,(H,29,32)/t19-,20+,21+/m0/s1. The Balaban J connectivity index is 1.55. The number of aliphatic hydroxyl groups excluding tert-OH is 1. The number of carbonyl (C=O) groups excluding carboxylic acids is 1. The van der Waals surface area contributed by atoms with Crippen LogP contribution in [-0.4, -0.2) is 36.2 Å². The molecular formula is C24H24Cl3N3O4S. The van der Waals surface area contributed by atoms with E-state index in [0.717, 1.165) is 21.8 Å². The van der Waals surface area contributed by atoms with Crippen LogP contribution in [0.15, 0.2) is 66.1 Å². The van der Waals surface area contributed by atoms with Crippen molar-refractivity contribution >= 4 is 58.2 Å². The van der Waals surface area contributed by atoms with Crippen molar-refractivity contribution in [3.63, 3.8) is 0 Å². The van der Waals surface area contributed by atoms with E-state index in [1.165, 1.54) is 0 Å². The van der Waals surface area contributed by atoms with Gasteiger partial charge in [-0.3, -0.25) is 4.79 Å². The number of ether oxygens (including phenoxy) is 2. The third-order valence-electron chi connectivity index (χ3n) is 5.46. The molecule has 3 aromatic rings. The molecule has 1 aliphatic rings. The second kappa shape index (κ2) is 11.5. The second-order valence-electron chi connectivity index (χ2n) is 8.06. The summed E-state index contributed by atoms with van der Waals surface area (Å²) in [5.41, 5.74) is 3.00. The van der Waals surface area contributed by atoms with Crippen molar-refractivity contribution in [3.8, 4) is 0 Å². The molecule has 1 fully saturated rings. The largest absolute Gasteiger partial charge is 0.392 e. The number of thioether (sulfide) groups is 1. The molecule has 1 aromatic heterocycles. The van der Waals surface area contributed by atoms with E-state index in [9.17, 15) is 9.90 Å². The van der Waals surface area contributed by atoms with Crippen LogP contribution in [0.5, 0.6) is 0 Å². The van der Waals surface area contributed by atoms with Crippen molar-refractivity contribution in [2.75, 3.05) is 11.1 Å². The van der Waals surface area contributed by atoms with Crippen LogP contribution in [0, 0.1) is 0 Å². The zero-order chi connectivity index (χ0) is 25.0. The van der Waals surface area contributed by atoms with E-state index in [4.69, 9.17) is 44.3 Å². The summed E-state index contributed by atoms with van der Waals surface area (Å²) in [6, 6.07) is 14.7. The highest BCUT2D eigenvalue weighted by molar-refractivity contribution is 7.99. The Labute approximate surface area is 222 Å². The number of rotatable bonds is 7. The fourth-order valence-electron chi connectivity index (χ4n) is 3.65. The van der Waals surface area contributed by atoms with Gasteiger partial charge in [-0.1, -0.05) is 83.0 Å². The van der Waals surface area contributed by atoms with E-state index in [2.05, 4.69) is 10.3 Å². The lowest BCUT2D eigenvalue weighted by Gasteiger charge is -2.36. The third-order valence-corrected chi connectivity index (χ3v) is 7.17. The number of amides is 1. The van der Waals surface area contributed by atoms with E-state index in [1.807, 2.05) is 48.1 Å². The van der Waals surface area contributed by atoms with Gasteiger partial charge in [0.1, 0.15) is 0 Å². The van der Waals surface area contributed by atoms with E-state index in [0.29, 0.717) is 17.9 Å². The molecule has 1 amide bonds. The topological polar surface area (TPSA) is 85.6 Å². The van der Waals surface area contributed by atoms with Crippen LogP contribution in [0.3, 0.4) is 0 Å². The van der Waals surface area contributed by atoms with Crippen LogP contribution < -0.4 is 5.32 Å². The van der Waals surface area contributed by atoms with Crippen LogP contribution in [0.1, 0.15) is 35.5 Å². The molecule has 4 rings (SSSR count). The van der Waals surface area contributed by atoms with Gasteiger partial charge < -0.3 is 24.5 Å². The van der Waals surface area contributed by atoms with E-state index < -0.39 is 16.0 Å². The number of alkyl halides is 3. The summed E-state index contributed by atoms with van der Waals surface area (Å²) in [5, 5.41) is 12.9. The molecule has 0 bridgehead atoms. The minimum absolute atomic E-state index is 0.0207. The van der Waals surface area contributed by atoms with Gasteiger partial charge in [-0.15, -0.1) is 0 Å². The molecule has 2 aromatic carbocycles. The zero-order valence-electron chi connectivity index (χ0n) is 18.7. The Morgan fingerprint density at radius 3 is 2.63 bits per heavy atom. The normalized spacial score (nSPS) is 20.5. The number of halogens is 3. The van der Waals surface area contributed by atoms with Gasteiger partial charge in [0.25, 0.3) is 9.70 Å². The Kier molecular flexibility index (Phi) is 8.65. The number of aliphatic hydroxyl groups is 1. The number of aryl methyl sites for hydroxylation is 1. The molecule has 0 radical (unpaired) electrons. The first kappa shape index (κ1) is 26.3. The molecular weight excluding hydrogens is 533 g/mol. The SMILES string of the molecule is Cn1ccnc1SC[C@@H]1C[C@H](c2ccc(CO)cc2)O[C@H](c2cccc(NC(=O)C(Cl)(Cl)Cl)c2)O1. The monoisotopic (exact) mass is 555 g/mol. The number of nitrogens with zero attached hydrogens (tertiary/aromatic N) is 2. The maximum atomic E-state index is 12.1. The Bertz CT molecular complexity index is 1150. The summed E-state index contributed by atoms with van der Waals surface area (Å²) in [5.74, 6) is -0.0732. The number of aromatic nitrogens is 2. The summed E-state index contributed by atoms with van der Waals surface area (Å²) in [7, 11) is 1.95. The molecule has 0 aliphatic carbocycles. The average Bonchev–Trinajstić information content (AvgIpc) is 3.26. The van der Waals surface area contributed by atoms with E-state index in [1.54, 1.807) is 36.2 Å². The summed E-state index contributed by atoms with van der Waals surface area (Å²) >= 11 is 18.7. The summed E-state index contributed by atoms with van der Waals surface area (Å²) < 4.78 is 12.6. The van der Waals surface area contributed by atoms with Crippen LogP contribution >= 0.6 is 46.6 Å². The Morgan fingerprint density at radius 2 is 1.97 bits per heavy atom. The minimum Gasteiger partial charge on any atom is -0.392 e. The van der Waals surface area contributed by atoms with E-state index >= 15 is 0 Å². The summed E-state index contributed by atoms with van der Waals surface area (Å²) in [6.45, 7) is -0.0207. The van der Waals surface area contributed by atoms with Gasteiger partial charge in [0.15, 0.2) is 11.4 Å². The van der Waals surface area contributed by atoms with Gasteiger partial charge in [-0.2, -0.15) is 0 Å². The lowest BCUT2D eigenvalue weighted by molar-refractivity contribution is -0.245. The smallest absolute Gasteiger partial charge is 0.276 e. The van der Waals surface area contributed by atoms with Gasteiger partial charge in [-0.25, -0.2) is 4.98 Å². The highest BCUT2D eigenvalue weighted by Crippen LogP contribution is 2.40. The van der Waals surface area contributed by atoms with Crippen LogP contribution in [-0.2, 0) is 27.9 Å². The minimum atomic E-state index is -2.08. The van der Waals surface area contributed by atoms with Crippen LogP contribution in [0.25, 0.3) is 0 Å². The number of imidazole rings is 1. The van der Waals surface area contributed by atoms with Gasteiger partial charge >= 0.3 is 0 Å². The molecule has 1 saturated heterocycles. The first-order valence-corrected chi connectivity index (χ1v) is 12.9. The first-order valence-electron chi connectivity index (χ1n) is 10.8. The highest BCUT2D eigenvalue weighted by atomic mass is 35.6. The van der Waals surface area contributed by atoms with Gasteiger partial charge in [0, 0.05) is 42.9 Å². The van der Waals surface area contributed by atoms with Gasteiger partial charge in [0.2, 0.25) is 0 Å². The van der Waals surface area contributed by atoms with Gasteiger partial charge in [0.05, 0.1) is 18.8 Å². The molecule has 0 saturated carbocycles. The van der Waals surface area contributed by atoms with Gasteiger partial charge in [-0.05, 0) is 23.3 Å². The molecule has 1 aliphatic heterocycles. The number of nitrogens with one attached hydrogen (secondary N) is 1. The van der Waals surface area contributed by atoms with Crippen molar-refractivity contribution in [1.29, 1.82) is 0 Å². The molecule has 0 unspecified atom stereocenters. The number of carbonyl (C=O) groups is 1. The predicted molar refractivity (Wildman–Crippen MR) is 138 cm³/mol. The second-order valence-corrected chi connectivity index (χ2v) is 11.3. The molecule has 11 heteroatoms. The molecule has 35 heavy (non-hydrogen) atoms. The molecule has 2 heterocycles. The fraction of sp³-hybridized carbons (Fsp3) is 0.333. The highest BCUT2D eigenvalue weighted by Gasteiger charge is 2.33. The summed E-state index contributed by atoms with van der Waals surface area (Å²) in [6.07, 6.45) is 3.28. The lowest BCUT2D eigenvalue weighted by atomic mass is 10.0. The molecule has 186 valence electrons. The first-order chi connectivity index (χ1) is 16.7. The third kappa shape index (κ3) is 6.92. The van der Waals surface area contributed by atoms with Crippen LogP contribution in [0.2, 0.25) is 0 Å².